The van der Waals surface area contributed by atoms with Crippen LogP contribution < -0.4 is 5.73 Å². The number of piperidine rings is 1. The van der Waals surface area contributed by atoms with Gasteiger partial charge >= 0.3 is 0 Å². The van der Waals surface area contributed by atoms with E-state index in [2.05, 4.69) is 0 Å². The maximum Gasteiger partial charge on any atom is 0.225 e. The van der Waals surface area contributed by atoms with Gasteiger partial charge in [0.25, 0.3) is 0 Å². The Balaban J connectivity index is 1.78. The van der Waals surface area contributed by atoms with Crippen LogP contribution in [0.15, 0.2) is 0 Å². The fourth-order valence-corrected chi connectivity index (χ4v) is 3.22. The van der Waals surface area contributed by atoms with Crippen LogP contribution in [0.4, 0.5) is 0 Å². The standard InChI is InChI=1S/C14H26N2O2/c1-18-13-6-8-16(9-7-13)14(17)12-4-2-11(10-15)3-5-12/h11-13H,2-10,15H2,1H3. The molecule has 1 amide bonds. The van der Waals surface area contributed by atoms with Crippen molar-refractivity contribution < 1.29 is 9.53 Å². The van der Waals surface area contributed by atoms with E-state index in [1.165, 1.54) is 0 Å². The number of hydrogen-bond donors (Lipinski definition) is 1. The summed E-state index contributed by atoms with van der Waals surface area (Å²) < 4.78 is 5.34. The molecule has 18 heavy (non-hydrogen) atoms. The summed E-state index contributed by atoms with van der Waals surface area (Å²) in [5.41, 5.74) is 5.69. The number of amides is 1. The van der Waals surface area contributed by atoms with E-state index in [0.29, 0.717) is 17.9 Å². The van der Waals surface area contributed by atoms with Gasteiger partial charge in [0.1, 0.15) is 0 Å². The molecular weight excluding hydrogens is 228 g/mol. The van der Waals surface area contributed by atoms with Crippen LogP contribution in [0.3, 0.4) is 0 Å². The molecule has 1 heterocycles. The average molecular weight is 254 g/mol. The number of rotatable bonds is 3. The second kappa shape index (κ2) is 6.53. The maximum atomic E-state index is 12.4. The minimum atomic E-state index is 0.256. The first-order valence-corrected chi connectivity index (χ1v) is 7.26. The van der Waals surface area contributed by atoms with Crippen LogP contribution in [-0.4, -0.2) is 43.7 Å². The molecule has 0 aromatic rings. The monoisotopic (exact) mass is 254 g/mol. The molecule has 1 saturated heterocycles. The van der Waals surface area contributed by atoms with Crippen molar-refractivity contribution in [1.82, 2.24) is 4.90 Å². The van der Waals surface area contributed by atoms with Crippen molar-refractivity contribution in [2.75, 3.05) is 26.7 Å². The number of ether oxygens (including phenoxy) is 1. The number of carbonyl (C=O) groups excluding carboxylic acids is 1. The fraction of sp³-hybridized carbons (Fsp3) is 0.929. The van der Waals surface area contributed by atoms with E-state index in [1.54, 1.807) is 7.11 Å². The lowest BCUT2D eigenvalue weighted by Crippen LogP contribution is -2.44. The topological polar surface area (TPSA) is 55.6 Å². The van der Waals surface area contributed by atoms with Gasteiger partial charge in [-0.3, -0.25) is 4.79 Å². The van der Waals surface area contributed by atoms with Crippen molar-refractivity contribution in [3.8, 4) is 0 Å². The lowest BCUT2D eigenvalue weighted by atomic mass is 9.81. The Bertz CT molecular complexity index is 241. The predicted molar refractivity (Wildman–Crippen MR) is 71.1 cm³/mol. The molecule has 1 saturated carbocycles. The molecule has 4 heteroatoms. The quantitative estimate of drug-likeness (QED) is 0.828. The van der Waals surface area contributed by atoms with Gasteiger partial charge in [-0.15, -0.1) is 0 Å². The summed E-state index contributed by atoms with van der Waals surface area (Å²) >= 11 is 0. The molecule has 0 bridgehead atoms. The van der Waals surface area contributed by atoms with Gasteiger partial charge in [0.05, 0.1) is 6.10 Å². The van der Waals surface area contributed by atoms with Crippen LogP contribution in [0, 0.1) is 11.8 Å². The normalized spacial score (nSPS) is 30.4. The third kappa shape index (κ3) is 3.23. The van der Waals surface area contributed by atoms with Gasteiger partial charge in [-0.2, -0.15) is 0 Å². The Morgan fingerprint density at radius 2 is 1.78 bits per heavy atom. The fourth-order valence-electron chi connectivity index (χ4n) is 3.22. The van der Waals surface area contributed by atoms with Gasteiger partial charge < -0.3 is 15.4 Å². The summed E-state index contributed by atoms with van der Waals surface area (Å²) in [5, 5.41) is 0. The number of nitrogens with two attached hydrogens (primary N) is 1. The predicted octanol–water partition coefficient (Wildman–Crippen LogP) is 1.39. The summed E-state index contributed by atoms with van der Waals surface area (Å²) in [4.78, 5) is 14.4. The number of carbonyl (C=O) groups is 1. The molecule has 2 fully saturated rings. The SMILES string of the molecule is COC1CCN(C(=O)C2CCC(CN)CC2)CC1. The second-order valence-electron chi connectivity index (χ2n) is 5.71. The number of hydrogen-bond acceptors (Lipinski definition) is 3. The van der Waals surface area contributed by atoms with E-state index < -0.39 is 0 Å². The summed E-state index contributed by atoms with van der Waals surface area (Å²) in [5.74, 6) is 1.28. The molecule has 2 rings (SSSR count). The average Bonchev–Trinajstić information content (AvgIpc) is 2.47. The van der Waals surface area contributed by atoms with E-state index in [1.807, 2.05) is 4.90 Å². The maximum absolute atomic E-state index is 12.4. The van der Waals surface area contributed by atoms with Crippen molar-refractivity contribution in [2.24, 2.45) is 17.6 Å². The molecule has 0 atom stereocenters. The zero-order chi connectivity index (χ0) is 13.0. The summed E-state index contributed by atoms with van der Waals surface area (Å²) in [6.07, 6.45) is 6.64. The Morgan fingerprint density at radius 1 is 1.17 bits per heavy atom. The summed E-state index contributed by atoms with van der Waals surface area (Å²) in [6, 6.07) is 0. The van der Waals surface area contributed by atoms with Crippen LogP contribution >= 0.6 is 0 Å². The first-order valence-electron chi connectivity index (χ1n) is 7.26. The molecule has 1 aliphatic carbocycles. The number of nitrogens with zero attached hydrogens (tertiary/aromatic N) is 1. The van der Waals surface area contributed by atoms with Crippen molar-refractivity contribution in [1.29, 1.82) is 0 Å². The second-order valence-corrected chi connectivity index (χ2v) is 5.71. The third-order valence-corrected chi connectivity index (χ3v) is 4.62. The zero-order valence-corrected chi connectivity index (χ0v) is 11.4. The smallest absolute Gasteiger partial charge is 0.225 e. The van der Waals surface area contributed by atoms with Gasteiger partial charge in [0, 0.05) is 26.1 Å². The molecule has 1 aliphatic heterocycles. The first-order chi connectivity index (χ1) is 8.74. The van der Waals surface area contributed by atoms with Gasteiger partial charge in [-0.25, -0.2) is 0 Å². The highest BCUT2D eigenvalue weighted by Crippen LogP contribution is 2.30. The molecule has 2 aliphatic rings. The van der Waals surface area contributed by atoms with Gasteiger partial charge in [0.2, 0.25) is 5.91 Å². The van der Waals surface area contributed by atoms with E-state index in [0.717, 1.165) is 58.2 Å². The van der Waals surface area contributed by atoms with Crippen LogP contribution in [0.5, 0.6) is 0 Å². The summed E-state index contributed by atoms with van der Waals surface area (Å²) in [6.45, 7) is 2.52. The lowest BCUT2D eigenvalue weighted by Gasteiger charge is -2.35. The molecule has 0 radical (unpaired) electrons. The van der Waals surface area contributed by atoms with Crippen LogP contribution in [-0.2, 0) is 9.53 Å². The highest BCUT2D eigenvalue weighted by Gasteiger charge is 2.30. The van der Waals surface area contributed by atoms with Gasteiger partial charge in [-0.1, -0.05) is 0 Å². The Hall–Kier alpha value is -0.610. The highest BCUT2D eigenvalue weighted by atomic mass is 16.5. The van der Waals surface area contributed by atoms with Crippen molar-refractivity contribution in [3.05, 3.63) is 0 Å². The van der Waals surface area contributed by atoms with Gasteiger partial charge in [0.15, 0.2) is 0 Å². The van der Waals surface area contributed by atoms with E-state index >= 15 is 0 Å². The molecule has 0 aromatic heterocycles. The Kier molecular flexibility index (Phi) is 5.01. The Labute approximate surface area is 110 Å². The molecule has 104 valence electrons. The highest BCUT2D eigenvalue weighted by molar-refractivity contribution is 5.79. The number of likely N-dealkylation sites (tertiary alicyclic amines) is 1. The zero-order valence-electron chi connectivity index (χ0n) is 11.4. The lowest BCUT2D eigenvalue weighted by molar-refractivity contribution is -0.139. The van der Waals surface area contributed by atoms with Crippen molar-refractivity contribution in [3.63, 3.8) is 0 Å². The van der Waals surface area contributed by atoms with Crippen molar-refractivity contribution in [2.45, 2.75) is 44.6 Å². The molecule has 0 aromatic carbocycles. The van der Waals surface area contributed by atoms with E-state index in [-0.39, 0.29) is 5.92 Å². The van der Waals surface area contributed by atoms with E-state index in [4.69, 9.17) is 10.5 Å². The third-order valence-electron chi connectivity index (χ3n) is 4.62. The summed E-state index contributed by atoms with van der Waals surface area (Å²) in [7, 11) is 1.76. The molecule has 4 nitrogen and oxygen atoms in total. The minimum absolute atomic E-state index is 0.256. The first kappa shape index (κ1) is 13.8. The van der Waals surface area contributed by atoms with E-state index in [9.17, 15) is 4.79 Å². The largest absolute Gasteiger partial charge is 0.381 e. The van der Waals surface area contributed by atoms with Crippen LogP contribution in [0.2, 0.25) is 0 Å². The van der Waals surface area contributed by atoms with Gasteiger partial charge in [-0.05, 0) is 51.0 Å². The van der Waals surface area contributed by atoms with Crippen LogP contribution in [0.25, 0.3) is 0 Å². The molecule has 0 unspecified atom stereocenters. The van der Waals surface area contributed by atoms with Crippen molar-refractivity contribution >= 4 is 5.91 Å². The Morgan fingerprint density at radius 3 is 2.28 bits per heavy atom. The molecule has 0 spiro atoms. The molecule has 2 N–H and O–H groups in total. The minimum Gasteiger partial charge on any atom is -0.381 e. The molecular formula is C14H26N2O2. The van der Waals surface area contributed by atoms with Crippen LogP contribution in [0.1, 0.15) is 38.5 Å². The number of methoxy groups -OCH3 is 1.